The summed E-state index contributed by atoms with van der Waals surface area (Å²) in [4.78, 5) is 45.1. The number of benzene rings is 2. The quantitative estimate of drug-likeness (QED) is 0.249. The zero-order valence-corrected chi connectivity index (χ0v) is 19.0. The second kappa shape index (κ2) is 10.5. The zero-order chi connectivity index (χ0) is 26.7. The number of aromatic nitrogens is 1. The van der Waals surface area contributed by atoms with Crippen molar-refractivity contribution in [1.82, 2.24) is 4.98 Å². The molecule has 3 aromatic rings. The maximum Gasteiger partial charge on any atom is 0.469 e. The van der Waals surface area contributed by atoms with E-state index in [0.717, 1.165) is 36.5 Å². The first kappa shape index (κ1) is 26.9. The number of carbonyl (C=O) groups is 1. The Balaban J connectivity index is 2.03. The molecule has 0 bridgehead atoms. The standard InChI is InChI=1S/C21H17F4N2O8P/c1-33-18-9-12(22)3-5-17(18)35-16-4-2-11(21(23,24)25)8-13(16)20(29)27-15-6-7-26-19(28)14(15)10-34-36(30,31)32/h2-9H,10H2,1H3,(H2,30,31,32)(H2,26,27,28,29). The van der Waals surface area contributed by atoms with Crippen LogP contribution in [0, 0.1) is 5.82 Å². The number of rotatable bonds is 8. The molecule has 36 heavy (non-hydrogen) atoms. The third-order valence-electron chi connectivity index (χ3n) is 4.59. The molecular formula is C21H17F4N2O8P. The molecule has 0 aliphatic heterocycles. The van der Waals surface area contributed by atoms with E-state index in [1.165, 1.54) is 7.11 Å². The van der Waals surface area contributed by atoms with Gasteiger partial charge in [-0.2, -0.15) is 13.2 Å². The number of methoxy groups -OCH3 is 1. The van der Waals surface area contributed by atoms with Crippen molar-refractivity contribution in [3.8, 4) is 17.2 Å². The van der Waals surface area contributed by atoms with Crippen molar-refractivity contribution in [2.24, 2.45) is 0 Å². The first-order valence-electron chi connectivity index (χ1n) is 9.73. The highest BCUT2D eigenvalue weighted by molar-refractivity contribution is 7.46. The van der Waals surface area contributed by atoms with Crippen molar-refractivity contribution >= 4 is 19.4 Å². The number of pyridine rings is 1. The van der Waals surface area contributed by atoms with Gasteiger partial charge in [0.15, 0.2) is 11.5 Å². The van der Waals surface area contributed by atoms with E-state index in [0.29, 0.717) is 12.1 Å². The molecule has 0 aliphatic carbocycles. The highest BCUT2D eigenvalue weighted by Gasteiger charge is 2.32. The van der Waals surface area contributed by atoms with Crippen LogP contribution in [0.3, 0.4) is 0 Å². The van der Waals surface area contributed by atoms with E-state index in [2.05, 4.69) is 14.8 Å². The number of carbonyl (C=O) groups excluding carboxylic acids is 1. The molecule has 0 unspecified atom stereocenters. The first-order chi connectivity index (χ1) is 16.8. The normalized spacial score (nSPS) is 11.8. The van der Waals surface area contributed by atoms with Gasteiger partial charge in [-0.25, -0.2) is 8.96 Å². The maximum atomic E-state index is 13.5. The van der Waals surface area contributed by atoms with Gasteiger partial charge in [-0.1, -0.05) is 0 Å². The van der Waals surface area contributed by atoms with Crippen LogP contribution in [0.2, 0.25) is 0 Å². The second-order valence-electron chi connectivity index (χ2n) is 7.02. The number of aromatic amines is 1. The predicted molar refractivity (Wildman–Crippen MR) is 116 cm³/mol. The number of ether oxygens (including phenoxy) is 2. The van der Waals surface area contributed by atoms with Crippen molar-refractivity contribution < 1.29 is 50.7 Å². The van der Waals surface area contributed by atoms with Gasteiger partial charge in [-0.3, -0.25) is 14.1 Å². The van der Waals surface area contributed by atoms with Crippen molar-refractivity contribution in [3.05, 3.63) is 81.5 Å². The highest BCUT2D eigenvalue weighted by atomic mass is 31.2. The van der Waals surface area contributed by atoms with E-state index in [1.807, 2.05) is 0 Å². The molecular weight excluding hydrogens is 515 g/mol. The van der Waals surface area contributed by atoms with Crippen molar-refractivity contribution in [2.75, 3.05) is 12.4 Å². The summed E-state index contributed by atoms with van der Waals surface area (Å²) in [6, 6.07) is 6.27. The summed E-state index contributed by atoms with van der Waals surface area (Å²) in [5, 5.41) is 2.22. The molecule has 0 saturated heterocycles. The Morgan fingerprint density at radius 2 is 1.78 bits per heavy atom. The molecule has 0 spiro atoms. The average molecular weight is 532 g/mol. The van der Waals surface area contributed by atoms with Crippen LogP contribution in [0.15, 0.2) is 53.5 Å². The summed E-state index contributed by atoms with van der Waals surface area (Å²) in [6.07, 6.45) is -3.74. The van der Waals surface area contributed by atoms with Crippen molar-refractivity contribution in [2.45, 2.75) is 12.8 Å². The molecule has 1 aromatic heterocycles. The summed E-state index contributed by atoms with van der Waals surface area (Å²) in [6.45, 7) is -0.922. The van der Waals surface area contributed by atoms with Crippen LogP contribution in [0.1, 0.15) is 21.5 Å². The lowest BCUT2D eigenvalue weighted by Gasteiger charge is -2.16. The molecule has 192 valence electrons. The molecule has 0 radical (unpaired) electrons. The van der Waals surface area contributed by atoms with Crippen LogP contribution in [0.5, 0.6) is 17.2 Å². The summed E-state index contributed by atoms with van der Waals surface area (Å²) in [5.74, 6) is -2.43. The SMILES string of the molecule is COc1cc(F)ccc1Oc1ccc(C(F)(F)F)cc1C(=O)Nc1cc[nH]c(=O)c1COP(=O)(O)O. The van der Waals surface area contributed by atoms with E-state index in [-0.39, 0.29) is 22.9 Å². The number of halogens is 4. The minimum Gasteiger partial charge on any atom is -0.493 e. The number of alkyl halides is 3. The third-order valence-corrected chi connectivity index (χ3v) is 5.05. The highest BCUT2D eigenvalue weighted by Crippen LogP contribution is 2.39. The fourth-order valence-corrected chi connectivity index (χ4v) is 3.22. The molecule has 2 aromatic carbocycles. The smallest absolute Gasteiger partial charge is 0.469 e. The Kier molecular flexibility index (Phi) is 7.84. The number of nitrogens with one attached hydrogen (secondary N) is 2. The number of amides is 1. The minimum absolute atomic E-state index is 0.104. The maximum absolute atomic E-state index is 13.5. The van der Waals surface area contributed by atoms with Crippen LogP contribution in [0.4, 0.5) is 23.2 Å². The Morgan fingerprint density at radius 1 is 1.08 bits per heavy atom. The predicted octanol–water partition coefficient (Wildman–Crippen LogP) is 4.20. The van der Waals surface area contributed by atoms with Gasteiger partial charge < -0.3 is 29.6 Å². The van der Waals surface area contributed by atoms with E-state index >= 15 is 0 Å². The topological polar surface area (TPSA) is 147 Å². The largest absolute Gasteiger partial charge is 0.493 e. The third kappa shape index (κ3) is 6.70. The summed E-state index contributed by atoms with van der Waals surface area (Å²) < 4.78 is 79.4. The van der Waals surface area contributed by atoms with Gasteiger partial charge >= 0.3 is 14.0 Å². The first-order valence-corrected chi connectivity index (χ1v) is 11.3. The van der Waals surface area contributed by atoms with Gasteiger partial charge in [0, 0.05) is 12.3 Å². The Morgan fingerprint density at radius 3 is 2.42 bits per heavy atom. The lowest BCUT2D eigenvalue weighted by Crippen LogP contribution is -2.21. The van der Waals surface area contributed by atoms with E-state index in [1.54, 1.807) is 0 Å². The number of phosphoric ester groups is 1. The van der Waals surface area contributed by atoms with Crippen LogP contribution in [0.25, 0.3) is 0 Å². The molecule has 10 nitrogen and oxygen atoms in total. The number of hydrogen-bond donors (Lipinski definition) is 4. The summed E-state index contributed by atoms with van der Waals surface area (Å²) in [7, 11) is -3.79. The van der Waals surface area contributed by atoms with Crippen LogP contribution in [-0.2, 0) is 21.9 Å². The van der Waals surface area contributed by atoms with Gasteiger partial charge in [-0.05, 0) is 36.4 Å². The Labute approximate surface area is 199 Å². The van der Waals surface area contributed by atoms with Crippen LogP contribution >= 0.6 is 7.82 Å². The Bertz CT molecular complexity index is 1390. The number of phosphoric acid groups is 1. The molecule has 1 heterocycles. The molecule has 0 fully saturated rings. The van der Waals surface area contributed by atoms with Gasteiger partial charge in [0.2, 0.25) is 0 Å². The van der Waals surface area contributed by atoms with Crippen molar-refractivity contribution in [3.63, 3.8) is 0 Å². The molecule has 4 N–H and O–H groups in total. The second-order valence-corrected chi connectivity index (χ2v) is 8.26. The summed E-state index contributed by atoms with van der Waals surface area (Å²) in [5.41, 5.74) is -3.40. The van der Waals surface area contributed by atoms with E-state index in [4.69, 9.17) is 19.3 Å². The van der Waals surface area contributed by atoms with Gasteiger partial charge in [0.25, 0.3) is 11.5 Å². The molecule has 15 heteroatoms. The number of anilines is 1. The molecule has 0 aliphatic rings. The van der Waals surface area contributed by atoms with Gasteiger partial charge in [0.1, 0.15) is 11.6 Å². The Hall–Kier alpha value is -3.71. The monoisotopic (exact) mass is 532 g/mol. The summed E-state index contributed by atoms with van der Waals surface area (Å²) >= 11 is 0. The fraction of sp³-hybridized carbons (Fsp3) is 0.143. The molecule has 0 saturated carbocycles. The van der Waals surface area contributed by atoms with Crippen LogP contribution in [-0.4, -0.2) is 27.8 Å². The average Bonchev–Trinajstić information content (AvgIpc) is 2.78. The zero-order valence-electron chi connectivity index (χ0n) is 18.1. The lowest BCUT2D eigenvalue weighted by atomic mass is 10.1. The minimum atomic E-state index is -5.00. The number of hydrogen-bond acceptors (Lipinski definition) is 6. The van der Waals surface area contributed by atoms with Gasteiger partial charge in [-0.15, -0.1) is 0 Å². The molecule has 0 atom stereocenters. The van der Waals surface area contributed by atoms with E-state index < -0.39 is 54.6 Å². The lowest BCUT2D eigenvalue weighted by molar-refractivity contribution is -0.137. The van der Waals surface area contributed by atoms with Crippen molar-refractivity contribution in [1.29, 1.82) is 0 Å². The van der Waals surface area contributed by atoms with E-state index in [9.17, 15) is 31.7 Å². The van der Waals surface area contributed by atoms with Crippen LogP contribution < -0.4 is 20.3 Å². The molecule has 1 amide bonds. The fourth-order valence-electron chi connectivity index (χ4n) is 2.93. The van der Waals surface area contributed by atoms with Gasteiger partial charge in [0.05, 0.1) is 36.1 Å². The molecule has 3 rings (SSSR count). The number of H-pyrrole nitrogens is 1.